The molecular formula is C20H22N4O4. The molecule has 8 heteroatoms. The highest BCUT2D eigenvalue weighted by Gasteiger charge is 2.24. The van der Waals surface area contributed by atoms with Crippen LogP contribution in [0.25, 0.3) is 5.69 Å². The van der Waals surface area contributed by atoms with E-state index in [4.69, 9.17) is 4.74 Å². The van der Waals surface area contributed by atoms with Gasteiger partial charge in [-0.25, -0.2) is 9.48 Å². The third-order valence-electron chi connectivity index (χ3n) is 4.61. The molecule has 1 aromatic carbocycles. The maximum Gasteiger partial charge on any atom is 0.355 e. The molecule has 2 aromatic heterocycles. The summed E-state index contributed by atoms with van der Waals surface area (Å²) < 4.78 is 9.95. The summed E-state index contributed by atoms with van der Waals surface area (Å²) in [5.41, 5.74) is 1.39. The topological polar surface area (TPSA) is 87.3 Å². The van der Waals surface area contributed by atoms with Gasteiger partial charge in [0, 0.05) is 20.3 Å². The first-order valence-corrected chi connectivity index (χ1v) is 8.78. The van der Waals surface area contributed by atoms with Gasteiger partial charge in [-0.1, -0.05) is 18.2 Å². The molecule has 0 saturated carbocycles. The molecule has 3 aromatic rings. The zero-order valence-electron chi connectivity index (χ0n) is 16.2. The van der Waals surface area contributed by atoms with Gasteiger partial charge in [-0.05, 0) is 38.1 Å². The van der Waals surface area contributed by atoms with E-state index in [0.29, 0.717) is 17.1 Å². The number of aromatic nitrogens is 3. The standard InChI is InChI=1S/C20H22N4O4/c1-13-17(19(26)24(23(13)4)15-9-6-5-7-10-15)21-18(25)14(2)28-20(27)16-11-8-12-22(16)3/h5-12,14H,1-4H3,(H,21,25)/t14-/m1/s1. The Kier molecular flexibility index (Phi) is 5.21. The Morgan fingerprint density at radius 2 is 1.75 bits per heavy atom. The molecule has 2 heterocycles. The van der Waals surface area contributed by atoms with Gasteiger partial charge in [-0.2, -0.15) is 0 Å². The van der Waals surface area contributed by atoms with Crippen molar-refractivity contribution in [2.75, 3.05) is 5.32 Å². The van der Waals surface area contributed by atoms with E-state index in [2.05, 4.69) is 5.32 Å². The highest BCUT2D eigenvalue weighted by atomic mass is 16.5. The third kappa shape index (κ3) is 3.48. The molecular weight excluding hydrogens is 360 g/mol. The summed E-state index contributed by atoms with van der Waals surface area (Å²) in [5.74, 6) is -1.18. The van der Waals surface area contributed by atoms with Gasteiger partial charge < -0.3 is 14.6 Å². The van der Waals surface area contributed by atoms with Crippen LogP contribution in [0.3, 0.4) is 0 Å². The molecule has 28 heavy (non-hydrogen) atoms. The van der Waals surface area contributed by atoms with Crippen LogP contribution >= 0.6 is 0 Å². The van der Waals surface area contributed by atoms with E-state index in [0.717, 1.165) is 0 Å². The number of ether oxygens (including phenoxy) is 1. The molecule has 0 aliphatic heterocycles. The lowest BCUT2D eigenvalue weighted by atomic mass is 10.3. The minimum atomic E-state index is -1.06. The minimum Gasteiger partial charge on any atom is -0.448 e. The van der Waals surface area contributed by atoms with E-state index in [1.54, 1.807) is 60.7 Å². The van der Waals surface area contributed by atoms with Crippen molar-refractivity contribution in [3.05, 3.63) is 70.4 Å². The SMILES string of the molecule is Cc1c(NC(=O)[C@@H](C)OC(=O)c2cccn2C)c(=O)n(-c2ccccc2)n1C. The summed E-state index contributed by atoms with van der Waals surface area (Å²) in [6.07, 6.45) is 0.646. The van der Waals surface area contributed by atoms with Gasteiger partial charge in [0.2, 0.25) is 0 Å². The normalized spacial score (nSPS) is 11.9. The number of benzene rings is 1. The smallest absolute Gasteiger partial charge is 0.355 e. The summed E-state index contributed by atoms with van der Waals surface area (Å²) in [6, 6.07) is 12.4. The van der Waals surface area contributed by atoms with Crippen LogP contribution in [-0.4, -0.2) is 31.9 Å². The Labute approximate surface area is 161 Å². The van der Waals surface area contributed by atoms with Crippen LogP contribution in [0, 0.1) is 6.92 Å². The Balaban J connectivity index is 1.80. The number of para-hydroxylation sites is 1. The summed E-state index contributed by atoms with van der Waals surface area (Å²) in [7, 11) is 3.44. The van der Waals surface area contributed by atoms with Crippen molar-refractivity contribution in [2.24, 2.45) is 14.1 Å². The van der Waals surface area contributed by atoms with E-state index in [9.17, 15) is 14.4 Å². The molecule has 0 aliphatic rings. The summed E-state index contributed by atoms with van der Waals surface area (Å²) >= 11 is 0. The lowest BCUT2D eigenvalue weighted by molar-refractivity contribution is -0.123. The number of nitrogens with zero attached hydrogens (tertiary/aromatic N) is 3. The monoisotopic (exact) mass is 382 g/mol. The van der Waals surface area contributed by atoms with Crippen LogP contribution in [0.4, 0.5) is 5.69 Å². The molecule has 0 spiro atoms. The van der Waals surface area contributed by atoms with Crippen molar-refractivity contribution in [1.82, 2.24) is 13.9 Å². The average Bonchev–Trinajstić information content (AvgIpc) is 3.19. The number of esters is 1. The highest BCUT2D eigenvalue weighted by Crippen LogP contribution is 2.15. The fourth-order valence-electron chi connectivity index (χ4n) is 2.88. The third-order valence-corrected chi connectivity index (χ3v) is 4.61. The second-order valence-corrected chi connectivity index (χ2v) is 6.48. The highest BCUT2D eigenvalue weighted by molar-refractivity contribution is 5.97. The van der Waals surface area contributed by atoms with E-state index < -0.39 is 18.0 Å². The average molecular weight is 382 g/mol. The molecule has 0 bridgehead atoms. The maximum absolute atomic E-state index is 12.8. The first-order valence-electron chi connectivity index (χ1n) is 8.78. The largest absolute Gasteiger partial charge is 0.448 e. The summed E-state index contributed by atoms with van der Waals surface area (Å²) in [4.78, 5) is 37.5. The van der Waals surface area contributed by atoms with Gasteiger partial charge in [0.25, 0.3) is 11.5 Å². The van der Waals surface area contributed by atoms with Gasteiger partial charge in [0.05, 0.1) is 11.4 Å². The van der Waals surface area contributed by atoms with Gasteiger partial charge in [-0.15, -0.1) is 0 Å². The number of hydrogen-bond acceptors (Lipinski definition) is 4. The number of carbonyl (C=O) groups is 2. The van der Waals surface area contributed by atoms with Crippen LogP contribution in [-0.2, 0) is 23.6 Å². The van der Waals surface area contributed by atoms with Gasteiger partial charge in [0.15, 0.2) is 6.10 Å². The molecule has 1 N–H and O–H groups in total. The Hall–Kier alpha value is -3.55. The van der Waals surface area contributed by atoms with Crippen molar-refractivity contribution in [3.63, 3.8) is 0 Å². The fraction of sp³-hybridized carbons (Fsp3) is 0.250. The van der Waals surface area contributed by atoms with Crippen LogP contribution < -0.4 is 10.9 Å². The van der Waals surface area contributed by atoms with Crippen molar-refractivity contribution in [3.8, 4) is 5.69 Å². The number of hydrogen-bond donors (Lipinski definition) is 1. The predicted molar refractivity (Wildman–Crippen MR) is 105 cm³/mol. The second kappa shape index (κ2) is 7.59. The zero-order chi connectivity index (χ0) is 20.4. The van der Waals surface area contributed by atoms with E-state index in [1.165, 1.54) is 11.6 Å². The Morgan fingerprint density at radius 1 is 1.07 bits per heavy atom. The van der Waals surface area contributed by atoms with Crippen LogP contribution in [0.15, 0.2) is 53.5 Å². The van der Waals surface area contributed by atoms with Crippen molar-refractivity contribution in [2.45, 2.75) is 20.0 Å². The molecule has 3 rings (SSSR count). The Bertz CT molecular complexity index is 1080. The molecule has 0 saturated heterocycles. The first-order chi connectivity index (χ1) is 13.3. The first kappa shape index (κ1) is 19.2. The molecule has 0 aliphatic carbocycles. The fourth-order valence-corrected chi connectivity index (χ4v) is 2.88. The summed E-state index contributed by atoms with van der Waals surface area (Å²) in [6.45, 7) is 3.20. The van der Waals surface area contributed by atoms with Gasteiger partial charge in [0.1, 0.15) is 11.4 Å². The van der Waals surface area contributed by atoms with Crippen LogP contribution in [0.1, 0.15) is 23.1 Å². The quantitative estimate of drug-likeness (QED) is 0.684. The number of aryl methyl sites for hydroxylation is 1. The second-order valence-electron chi connectivity index (χ2n) is 6.48. The van der Waals surface area contributed by atoms with Crippen molar-refractivity contribution < 1.29 is 14.3 Å². The number of carbonyl (C=O) groups excluding carboxylic acids is 2. The molecule has 0 unspecified atom stereocenters. The summed E-state index contributed by atoms with van der Waals surface area (Å²) in [5, 5.41) is 2.60. The van der Waals surface area contributed by atoms with Crippen molar-refractivity contribution in [1.29, 1.82) is 0 Å². The molecule has 1 atom stereocenters. The maximum atomic E-state index is 12.8. The lowest BCUT2D eigenvalue weighted by Gasteiger charge is -2.13. The van der Waals surface area contributed by atoms with Crippen molar-refractivity contribution >= 4 is 17.6 Å². The minimum absolute atomic E-state index is 0.151. The van der Waals surface area contributed by atoms with Crippen LogP contribution in [0.2, 0.25) is 0 Å². The molecule has 146 valence electrons. The molecule has 0 fully saturated rings. The number of amides is 1. The predicted octanol–water partition coefficient (Wildman–Crippen LogP) is 2.01. The number of nitrogens with one attached hydrogen (secondary N) is 1. The molecule has 1 amide bonds. The Morgan fingerprint density at radius 3 is 2.36 bits per heavy atom. The van der Waals surface area contributed by atoms with Gasteiger partial charge >= 0.3 is 5.97 Å². The van der Waals surface area contributed by atoms with E-state index in [1.807, 2.05) is 18.2 Å². The molecule has 0 radical (unpaired) electrons. The number of rotatable bonds is 5. The zero-order valence-corrected chi connectivity index (χ0v) is 16.2. The number of anilines is 1. The molecule has 8 nitrogen and oxygen atoms in total. The van der Waals surface area contributed by atoms with E-state index >= 15 is 0 Å². The van der Waals surface area contributed by atoms with Crippen LogP contribution in [0.5, 0.6) is 0 Å². The van der Waals surface area contributed by atoms with Gasteiger partial charge in [-0.3, -0.25) is 14.3 Å². The van der Waals surface area contributed by atoms with E-state index in [-0.39, 0.29) is 11.2 Å². The lowest BCUT2D eigenvalue weighted by Crippen LogP contribution is -2.32.